The number of hydrazone groups is 1. The van der Waals surface area contributed by atoms with Gasteiger partial charge < -0.3 is 0 Å². The molecule has 1 aliphatic heterocycles. The van der Waals surface area contributed by atoms with Crippen LogP contribution in [0.15, 0.2) is 28.9 Å². The molecule has 0 aromatic heterocycles. The van der Waals surface area contributed by atoms with Gasteiger partial charge in [-0.2, -0.15) is 5.10 Å². The van der Waals surface area contributed by atoms with E-state index in [2.05, 4.69) is 23.2 Å². The average Bonchev–Trinajstić information content (AvgIpc) is 2.76. The highest BCUT2D eigenvalue weighted by Gasteiger charge is 2.29. The van der Waals surface area contributed by atoms with Gasteiger partial charge in [0.2, 0.25) is 5.91 Å². The molecule has 0 saturated carbocycles. The van der Waals surface area contributed by atoms with Crippen molar-refractivity contribution in [1.82, 2.24) is 5.43 Å². The van der Waals surface area contributed by atoms with Crippen LogP contribution < -0.4 is 5.43 Å². The minimum Gasteiger partial charge on any atom is -0.273 e. The SMILES string of the molecule is C=C(C)[C@@H]1CC=C(C)/C(=N\NC(=O)CC2CCS(=O)(=O)C2)C1. The highest BCUT2D eigenvalue weighted by Crippen LogP contribution is 2.26. The Kier molecular flexibility index (Phi) is 5.21. The van der Waals surface area contributed by atoms with E-state index in [1.165, 1.54) is 0 Å². The number of allylic oxidation sites excluding steroid dienone is 3. The van der Waals surface area contributed by atoms with E-state index >= 15 is 0 Å². The molecule has 1 fully saturated rings. The molecule has 0 aromatic carbocycles. The Hall–Kier alpha value is -1.43. The summed E-state index contributed by atoms with van der Waals surface area (Å²) < 4.78 is 22.8. The fourth-order valence-corrected chi connectivity index (χ4v) is 4.76. The predicted octanol–water partition coefficient (Wildman–Crippen LogP) is 2.22. The lowest BCUT2D eigenvalue weighted by atomic mass is 9.85. The standard InChI is InChI=1S/C16H24N2O3S/c1-11(2)14-5-4-12(3)15(9-14)17-18-16(19)8-13-6-7-22(20,21)10-13/h4,13-14H,1,5-10H2,2-3H3,(H,18,19)/b17-15-/t13?,14-/m1/s1. The number of carbonyl (C=O) groups is 1. The zero-order chi connectivity index (χ0) is 16.3. The smallest absolute Gasteiger partial charge is 0.240 e. The van der Waals surface area contributed by atoms with Gasteiger partial charge in [-0.15, -0.1) is 0 Å². The molecule has 5 nitrogen and oxygen atoms in total. The van der Waals surface area contributed by atoms with Gasteiger partial charge >= 0.3 is 0 Å². The molecule has 1 amide bonds. The molecule has 6 heteroatoms. The number of carbonyl (C=O) groups excluding carboxylic acids is 1. The second-order valence-corrected chi connectivity index (χ2v) is 8.67. The monoisotopic (exact) mass is 324 g/mol. The van der Waals surface area contributed by atoms with Crippen molar-refractivity contribution in [2.75, 3.05) is 11.5 Å². The fourth-order valence-electron chi connectivity index (χ4n) is 2.89. The number of hydrogen-bond donors (Lipinski definition) is 1. The molecule has 0 aromatic rings. The summed E-state index contributed by atoms with van der Waals surface area (Å²) in [6.45, 7) is 7.99. The summed E-state index contributed by atoms with van der Waals surface area (Å²) in [5, 5.41) is 4.23. The number of nitrogens with zero attached hydrogens (tertiary/aromatic N) is 1. The number of amides is 1. The molecule has 1 aliphatic carbocycles. The lowest BCUT2D eigenvalue weighted by Crippen LogP contribution is -2.25. The van der Waals surface area contributed by atoms with Gasteiger partial charge in [-0.05, 0) is 50.5 Å². The first kappa shape index (κ1) is 16.9. The Labute approximate surface area is 132 Å². The molecule has 22 heavy (non-hydrogen) atoms. The third kappa shape index (κ3) is 4.53. The lowest BCUT2D eigenvalue weighted by Gasteiger charge is -2.22. The van der Waals surface area contributed by atoms with Crippen molar-refractivity contribution in [3.05, 3.63) is 23.8 Å². The summed E-state index contributed by atoms with van der Waals surface area (Å²) in [5.41, 5.74) is 5.67. The predicted molar refractivity (Wildman–Crippen MR) is 88.3 cm³/mol. The minimum absolute atomic E-state index is 0.0728. The van der Waals surface area contributed by atoms with Gasteiger partial charge in [-0.25, -0.2) is 13.8 Å². The van der Waals surface area contributed by atoms with Crippen LogP contribution in [-0.4, -0.2) is 31.5 Å². The van der Waals surface area contributed by atoms with Gasteiger partial charge in [0.25, 0.3) is 0 Å². The largest absolute Gasteiger partial charge is 0.273 e. The van der Waals surface area contributed by atoms with E-state index in [0.29, 0.717) is 12.3 Å². The first-order valence-corrected chi connectivity index (χ1v) is 9.47. The molecule has 2 atom stereocenters. The fraction of sp³-hybridized carbons (Fsp3) is 0.625. The molecule has 0 spiro atoms. The van der Waals surface area contributed by atoms with Gasteiger partial charge in [0, 0.05) is 6.42 Å². The maximum atomic E-state index is 11.9. The first-order valence-electron chi connectivity index (χ1n) is 7.65. The van der Waals surface area contributed by atoms with Crippen LogP contribution in [0.4, 0.5) is 0 Å². The Bertz CT molecular complexity index is 632. The number of hydrogen-bond acceptors (Lipinski definition) is 4. The molecule has 2 aliphatic rings. The molecule has 0 bridgehead atoms. The summed E-state index contributed by atoms with van der Waals surface area (Å²) in [5.74, 6) is 0.408. The van der Waals surface area contributed by atoms with E-state index in [-0.39, 0.29) is 29.8 Å². The van der Waals surface area contributed by atoms with Crippen LogP contribution in [0.1, 0.15) is 39.5 Å². The average molecular weight is 324 g/mol. The van der Waals surface area contributed by atoms with Gasteiger partial charge in [0.05, 0.1) is 17.2 Å². The van der Waals surface area contributed by atoms with Crippen LogP contribution in [0.3, 0.4) is 0 Å². The highest BCUT2D eigenvalue weighted by molar-refractivity contribution is 7.91. The zero-order valence-corrected chi connectivity index (χ0v) is 14.1. The van der Waals surface area contributed by atoms with E-state index in [1.807, 2.05) is 13.8 Å². The van der Waals surface area contributed by atoms with E-state index in [0.717, 1.165) is 29.7 Å². The topological polar surface area (TPSA) is 75.6 Å². The van der Waals surface area contributed by atoms with Gasteiger partial charge in [0.15, 0.2) is 9.84 Å². The second kappa shape index (κ2) is 6.77. The molecule has 1 saturated heterocycles. The third-order valence-corrected chi connectivity index (χ3v) is 6.25. The highest BCUT2D eigenvalue weighted by atomic mass is 32.2. The summed E-state index contributed by atoms with van der Waals surface area (Å²) in [6.07, 6.45) is 4.67. The van der Waals surface area contributed by atoms with Crippen LogP contribution in [0.2, 0.25) is 0 Å². The summed E-state index contributed by atoms with van der Waals surface area (Å²) in [6, 6.07) is 0. The summed E-state index contributed by atoms with van der Waals surface area (Å²) >= 11 is 0. The maximum Gasteiger partial charge on any atom is 0.240 e. The number of sulfone groups is 1. The molecule has 122 valence electrons. The Morgan fingerprint density at radius 3 is 2.82 bits per heavy atom. The molecular formula is C16H24N2O3S. The van der Waals surface area contributed by atoms with Gasteiger partial charge in [-0.3, -0.25) is 4.79 Å². The second-order valence-electron chi connectivity index (χ2n) is 6.44. The van der Waals surface area contributed by atoms with Crippen molar-refractivity contribution < 1.29 is 13.2 Å². The summed E-state index contributed by atoms with van der Waals surface area (Å²) in [7, 11) is -2.94. The van der Waals surface area contributed by atoms with Gasteiger partial charge in [-0.1, -0.05) is 18.2 Å². The quantitative estimate of drug-likeness (QED) is 0.636. The van der Waals surface area contributed by atoms with Crippen molar-refractivity contribution in [2.45, 2.75) is 39.5 Å². The lowest BCUT2D eigenvalue weighted by molar-refractivity contribution is -0.121. The van der Waals surface area contributed by atoms with Crippen molar-refractivity contribution in [1.29, 1.82) is 0 Å². The zero-order valence-electron chi connectivity index (χ0n) is 13.3. The minimum atomic E-state index is -2.94. The van der Waals surface area contributed by atoms with E-state index < -0.39 is 9.84 Å². The van der Waals surface area contributed by atoms with Crippen molar-refractivity contribution in [3.8, 4) is 0 Å². The van der Waals surface area contributed by atoms with Crippen molar-refractivity contribution in [3.63, 3.8) is 0 Å². The van der Waals surface area contributed by atoms with Crippen LogP contribution in [0.5, 0.6) is 0 Å². The van der Waals surface area contributed by atoms with Crippen LogP contribution >= 0.6 is 0 Å². The van der Waals surface area contributed by atoms with E-state index in [9.17, 15) is 13.2 Å². The Morgan fingerprint density at radius 2 is 2.23 bits per heavy atom. The third-order valence-electron chi connectivity index (χ3n) is 4.42. The molecule has 1 N–H and O–H groups in total. The van der Waals surface area contributed by atoms with Crippen LogP contribution in [0.25, 0.3) is 0 Å². The number of nitrogens with one attached hydrogen (secondary N) is 1. The van der Waals surface area contributed by atoms with Gasteiger partial charge in [0.1, 0.15) is 0 Å². The Morgan fingerprint density at radius 1 is 1.50 bits per heavy atom. The van der Waals surface area contributed by atoms with Crippen molar-refractivity contribution >= 4 is 21.5 Å². The molecule has 1 heterocycles. The maximum absolute atomic E-state index is 11.9. The Balaban J connectivity index is 1.90. The molecule has 0 radical (unpaired) electrons. The molecule has 1 unspecified atom stereocenters. The molecule has 2 rings (SSSR count). The summed E-state index contributed by atoms with van der Waals surface area (Å²) in [4.78, 5) is 11.9. The van der Waals surface area contributed by atoms with E-state index in [1.54, 1.807) is 0 Å². The van der Waals surface area contributed by atoms with Crippen molar-refractivity contribution in [2.24, 2.45) is 16.9 Å². The van der Waals surface area contributed by atoms with E-state index in [4.69, 9.17) is 0 Å². The number of rotatable bonds is 4. The normalized spacial score (nSPS) is 29.2. The molecular weight excluding hydrogens is 300 g/mol. The first-order chi connectivity index (χ1) is 10.3. The van der Waals surface area contributed by atoms with Crippen LogP contribution in [-0.2, 0) is 14.6 Å². The van der Waals surface area contributed by atoms with Crippen LogP contribution in [0, 0.1) is 11.8 Å².